The molecule has 0 aliphatic carbocycles. The Morgan fingerprint density at radius 1 is 0.667 bits per heavy atom. The van der Waals surface area contributed by atoms with Crippen molar-refractivity contribution < 1.29 is 4.74 Å². The molecule has 3 heteroatoms. The lowest BCUT2D eigenvalue weighted by Crippen LogP contribution is -2.36. The quantitative estimate of drug-likeness (QED) is 0.267. The highest BCUT2D eigenvalue weighted by molar-refractivity contribution is 5.69. The molecule has 5 aromatic rings. The highest BCUT2D eigenvalue weighted by Gasteiger charge is 2.39. The zero-order valence-electron chi connectivity index (χ0n) is 18.2. The van der Waals surface area contributed by atoms with Gasteiger partial charge in [-0.05, 0) is 12.1 Å². The summed E-state index contributed by atoms with van der Waals surface area (Å²) in [7, 11) is 0. The Bertz CT molecular complexity index is 1230. The largest absolute Gasteiger partial charge is 0.472 e. The smallest absolute Gasteiger partial charge is 0.184 e. The fraction of sp³-hybridized carbons (Fsp3) is 0.0333. The van der Waals surface area contributed by atoms with Gasteiger partial charge < -0.3 is 9.30 Å². The first-order chi connectivity index (χ1) is 16.3. The Morgan fingerprint density at radius 3 is 1.64 bits per heavy atom. The molecular formula is C30H24N2O. The van der Waals surface area contributed by atoms with E-state index in [0.717, 1.165) is 33.7 Å². The van der Waals surface area contributed by atoms with E-state index in [0.29, 0.717) is 0 Å². The molecule has 0 amide bonds. The molecule has 0 N–H and O–H groups in total. The van der Waals surface area contributed by atoms with Crippen LogP contribution < -0.4 is 4.74 Å². The van der Waals surface area contributed by atoms with Gasteiger partial charge in [0.05, 0.1) is 12.0 Å². The van der Waals surface area contributed by atoms with Crippen LogP contribution in [0, 0.1) is 0 Å². The van der Waals surface area contributed by atoms with E-state index in [2.05, 4.69) is 84.4 Å². The van der Waals surface area contributed by atoms with Crippen molar-refractivity contribution in [2.75, 3.05) is 0 Å². The molecule has 0 unspecified atom stereocenters. The van der Waals surface area contributed by atoms with Crippen molar-refractivity contribution >= 4 is 5.70 Å². The van der Waals surface area contributed by atoms with Crippen LogP contribution in [0.1, 0.15) is 22.3 Å². The highest BCUT2D eigenvalue weighted by atomic mass is 16.5. The average Bonchev–Trinajstić information content (AvgIpc) is 3.44. The average molecular weight is 429 g/mol. The van der Waals surface area contributed by atoms with Gasteiger partial charge in [-0.1, -0.05) is 110 Å². The second kappa shape index (κ2) is 9.01. The van der Waals surface area contributed by atoms with Crippen LogP contribution in [0.25, 0.3) is 5.70 Å². The van der Waals surface area contributed by atoms with Gasteiger partial charge in [0.25, 0.3) is 0 Å². The van der Waals surface area contributed by atoms with Crippen LogP contribution in [0.5, 0.6) is 5.75 Å². The number of rotatable bonds is 7. The lowest BCUT2D eigenvalue weighted by atomic mass is 9.80. The van der Waals surface area contributed by atoms with Crippen molar-refractivity contribution in [3.05, 3.63) is 163 Å². The van der Waals surface area contributed by atoms with E-state index in [1.54, 1.807) is 12.5 Å². The third kappa shape index (κ3) is 3.85. The first kappa shape index (κ1) is 20.5. The van der Waals surface area contributed by atoms with Crippen molar-refractivity contribution in [1.29, 1.82) is 0 Å². The van der Waals surface area contributed by atoms with Crippen LogP contribution in [0.4, 0.5) is 0 Å². The van der Waals surface area contributed by atoms with Gasteiger partial charge in [0.15, 0.2) is 5.60 Å². The SMILES string of the molecule is C=C(c1ccccc1OC(c1ccccc1)(c1ccccc1)c1ccccc1)n1ccnc1. The summed E-state index contributed by atoms with van der Waals surface area (Å²) < 4.78 is 9.02. The molecule has 0 atom stereocenters. The molecule has 5 rings (SSSR count). The molecule has 1 heterocycles. The van der Waals surface area contributed by atoms with E-state index in [4.69, 9.17) is 4.74 Å². The summed E-state index contributed by atoms with van der Waals surface area (Å²) in [5.74, 6) is 0.743. The molecule has 4 aromatic carbocycles. The van der Waals surface area contributed by atoms with E-state index in [1.807, 2.05) is 53.2 Å². The zero-order valence-corrected chi connectivity index (χ0v) is 18.2. The molecule has 3 nitrogen and oxygen atoms in total. The summed E-state index contributed by atoms with van der Waals surface area (Å²) in [6.07, 6.45) is 5.38. The molecule has 0 saturated carbocycles. The van der Waals surface area contributed by atoms with Gasteiger partial charge in [0.1, 0.15) is 5.75 Å². The maximum Gasteiger partial charge on any atom is 0.184 e. The van der Waals surface area contributed by atoms with Crippen molar-refractivity contribution in [3.63, 3.8) is 0 Å². The highest BCUT2D eigenvalue weighted by Crippen LogP contribution is 2.42. The topological polar surface area (TPSA) is 27.1 Å². The van der Waals surface area contributed by atoms with Gasteiger partial charge in [-0.15, -0.1) is 0 Å². The molecule has 33 heavy (non-hydrogen) atoms. The van der Waals surface area contributed by atoms with E-state index < -0.39 is 5.60 Å². The Labute approximate surface area is 194 Å². The number of nitrogens with zero attached hydrogens (tertiary/aromatic N) is 2. The minimum absolute atomic E-state index is 0.743. The third-order valence-corrected chi connectivity index (χ3v) is 5.82. The fourth-order valence-electron chi connectivity index (χ4n) is 4.21. The predicted molar refractivity (Wildman–Crippen MR) is 133 cm³/mol. The molecular weight excluding hydrogens is 404 g/mol. The third-order valence-electron chi connectivity index (χ3n) is 5.82. The van der Waals surface area contributed by atoms with Crippen molar-refractivity contribution in [2.45, 2.75) is 5.60 Å². The molecule has 1 aromatic heterocycles. The van der Waals surface area contributed by atoms with Crippen LogP contribution in [-0.4, -0.2) is 9.55 Å². The molecule has 0 spiro atoms. The van der Waals surface area contributed by atoms with Gasteiger partial charge in [0, 0.05) is 34.6 Å². The molecule has 0 saturated heterocycles. The van der Waals surface area contributed by atoms with E-state index in [9.17, 15) is 0 Å². The van der Waals surface area contributed by atoms with Gasteiger partial charge in [0.2, 0.25) is 0 Å². The first-order valence-electron chi connectivity index (χ1n) is 10.9. The molecule has 0 aliphatic heterocycles. The summed E-state index contributed by atoms with van der Waals surface area (Å²) in [5.41, 5.74) is 3.99. The summed E-state index contributed by atoms with van der Waals surface area (Å²) in [4.78, 5) is 4.18. The number of hydrogen-bond acceptors (Lipinski definition) is 2. The first-order valence-corrected chi connectivity index (χ1v) is 10.9. The van der Waals surface area contributed by atoms with E-state index in [-0.39, 0.29) is 0 Å². The van der Waals surface area contributed by atoms with Gasteiger partial charge >= 0.3 is 0 Å². The summed E-state index contributed by atoms with van der Waals surface area (Å²) >= 11 is 0. The summed E-state index contributed by atoms with van der Waals surface area (Å²) in [5, 5.41) is 0. The minimum Gasteiger partial charge on any atom is -0.472 e. The normalized spacial score (nSPS) is 11.2. The molecule has 160 valence electrons. The Kier molecular flexibility index (Phi) is 5.61. The van der Waals surface area contributed by atoms with E-state index >= 15 is 0 Å². The number of hydrogen-bond donors (Lipinski definition) is 0. The predicted octanol–water partition coefficient (Wildman–Crippen LogP) is 6.77. The van der Waals surface area contributed by atoms with Crippen LogP contribution in [0.15, 0.2) is 141 Å². The lowest BCUT2D eigenvalue weighted by molar-refractivity contribution is 0.155. The van der Waals surface area contributed by atoms with Gasteiger partial charge in [-0.2, -0.15) is 0 Å². The number of imidazole rings is 1. The molecule has 0 radical (unpaired) electrons. The monoisotopic (exact) mass is 428 g/mol. The standard InChI is InChI=1S/C30H24N2O/c1-24(32-22-21-31-23-32)28-19-11-12-20-29(28)33-30(25-13-5-2-6-14-25,26-15-7-3-8-16-26)27-17-9-4-10-18-27/h2-23H,1H2. The van der Waals surface area contributed by atoms with Gasteiger partial charge in [-0.25, -0.2) is 4.98 Å². The Morgan fingerprint density at radius 2 is 1.15 bits per heavy atom. The van der Waals surface area contributed by atoms with Crippen LogP contribution in [0.3, 0.4) is 0 Å². The molecule has 0 bridgehead atoms. The maximum atomic E-state index is 7.12. The summed E-state index contributed by atoms with van der Waals surface area (Å²) in [6.45, 7) is 4.32. The lowest BCUT2D eigenvalue weighted by Gasteiger charge is -2.37. The van der Waals surface area contributed by atoms with Crippen molar-refractivity contribution in [1.82, 2.24) is 9.55 Å². The second-order valence-electron chi connectivity index (χ2n) is 7.79. The van der Waals surface area contributed by atoms with Crippen LogP contribution >= 0.6 is 0 Å². The molecule has 0 fully saturated rings. The Balaban J connectivity index is 1.75. The van der Waals surface area contributed by atoms with Crippen molar-refractivity contribution in [3.8, 4) is 5.75 Å². The maximum absolute atomic E-state index is 7.12. The summed E-state index contributed by atoms with van der Waals surface area (Å²) in [6, 6.07) is 39.1. The Hall–Kier alpha value is -4.37. The van der Waals surface area contributed by atoms with Crippen LogP contribution in [-0.2, 0) is 5.60 Å². The number of aromatic nitrogens is 2. The fourth-order valence-corrected chi connectivity index (χ4v) is 4.21. The number of benzene rings is 4. The number of para-hydroxylation sites is 1. The van der Waals surface area contributed by atoms with E-state index in [1.165, 1.54) is 0 Å². The second-order valence-corrected chi connectivity index (χ2v) is 7.79. The number of ether oxygens (including phenoxy) is 1. The zero-order chi connectivity index (χ0) is 22.5. The minimum atomic E-state index is -0.852. The van der Waals surface area contributed by atoms with Crippen LogP contribution in [0.2, 0.25) is 0 Å². The molecule has 0 aliphatic rings. The van der Waals surface area contributed by atoms with Gasteiger partial charge in [-0.3, -0.25) is 0 Å². The van der Waals surface area contributed by atoms with Crippen molar-refractivity contribution in [2.24, 2.45) is 0 Å².